The molecule has 0 radical (unpaired) electrons. The maximum atomic E-state index is 13.3. The number of halogens is 1. The highest BCUT2D eigenvalue weighted by molar-refractivity contribution is 6.07. The molecule has 0 aliphatic heterocycles. The zero-order chi connectivity index (χ0) is 19.5. The number of aryl methyl sites for hydroxylation is 1. The summed E-state index contributed by atoms with van der Waals surface area (Å²) in [5, 5.41) is 7.39. The molecule has 2 aromatic carbocycles. The molecule has 4 rings (SSSR count). The van der Waals surface area contributed by atoms with Crippen LogP contribution in [-0.2, 0) is 0 Å². The molecular weight excluding hydrogens is 355 g/mol. The number of anilines is 1. The SMILES string of the molecule is Cc1cccc(-c2nn(-c3ccc(F)cc3)cc2C(=O)Nc2ccccn2)c1. The number of hydrogen-bond donors (Lipinski definition) is 1. The number of amides is 1. The van der Waals surface area contributed by atoms with Gasteiger partial charge in [0.25, 0.3) is 5.91 Å². The van der Waals surface area contributed by atoms with Gasteiger partial charge >= 0.3 is 0 Å². The Labute approximate surface area is 161 Å². The van der Waals surface area contributed by atoms with E-state index in [2.05, 4.69) is 15.4 Å². The van der Waals surface area contributed by atoms with Gasteiger partial charge in [0, 0.05) is 18.0 Å². The third-order valence-electron chi connectivity index (χ3n) is 4.25. The van der Waals surface area contributed by atoms with Crippen molar-refractivity contribution >= 4 is 11.7 Å². The van der Waals surface area contributed by atoms with Crippen LogP contribution in [-0.4, -0.2) is 20.7 Å². The van der Waals surface area contributed by atoms with E-state index in [0.29, 0.717) is 22.8 Å². The Morgan fingerprint density at radius 1 is 1.04 bits per heavy atom. The normalized spacial score (nSPS) is 10.6. The van der Waals surface area contributed by atoms with Crippen LogP contribution < -0.4 is 5.32 Å². The fraction of sp³-hybridized carbons (Fsp3) is 0.0455. The Balaban J connectivity index is 1.78. The Kier molecular flexibility index (Phi) is 4.68. The third kappa shape index (κ3) is 3.66. The lowest BCUT2D eigenvalue weighted by molar-refractivity contribution is 0.102. The van der Waals surface area contributed by atoms with E-state index in [0.717, 1.165) is 11.1 Å². The number of pyridine rings is 1. The van der Waals surface area contributed by atoms with Gasteiger partial charge in [-0.3, -0.25) is 4.79 Å². The van der Waals surface area contributed by atoms with Gasteiger partial charge in [0.2, 0.25) is 0 Å². The third-order valence-corrected chi connectivity index (χ3v) is 4.25. The minimum atomic E-state index is -0.331. The summed E-state index contributed by atoms with van der Waals surface area (Å²) in [5.74, 6) is -0.191. The molecule has 2 aromatic heterocycles. The van der Waals surface area contributed by atoms with Crippen molar-refractivity contribution in [1.82, 2.24) is 14.8 Å². The van der Waals surface area contributed by atoms with Gasteiger partial charge in [-0.15, -0.1) is 0 Å². The molecule has 1 N–H and O–H groups in total. The predicted molar refractivity (Wildman–Crippen MR) is 106 cm³/mol. The van der Waals surface area contributed by atoms with Gasteiger partial charge < -0.3 is 5.32 Å². The summed E-state index contributed by atoms with van der Waals surface area (Å²) >= 11 is 0. The summed E-state index contributed by atoms with van der Waals surface area (Å²) in [6.45, 7) is 1.98. The molecule has 6 heteroatoms. The highest BCUT2D eigenvalue weighted by Crippen LogP contribution is 2.25. The lowest BCUT2D eigenvalue weighted by atomic mass is 10.1. The number of nitrogens with zero attached hydrogens (tertiary/aromatic N) is 3. The highest BCUT2D eigenvalue weighted by atomic mass is 19.1. The number of hydrogen-bond acceptors (Lipinski definition) is 3. The van der Waals surface area contributed by atoms with Crippen molar-refractivity contribution in [3.8, 4) is 16.9 Å². The van der Waals surface area contributed by atoms with Crippen molar-refractivity contribution < 1.29 is 9.18 Å². The number of nitrogens with one attached hydrogen (secondary N) is 1. The Morgan fingerprint density at radius 2 is 1.86 bits per heavy atom. The van der Waals surface area contributed by atoms with Crippen LogP contribution >= 0.6 is 0 Å². The summed E-state index contributed by atoms with van der Waals surface area (Å²) in [4.78, 5) is 17.1. The van der Waals surface area contributed by atoms with Crippen molar-refractivity contribution in [3.63, 3.8) is 0 Å². The van der Waals surface area contributed by atoms with Crippen LogP contribution in [0.1, 0.15) is 15.9 Å². The fourth-order valence-electron chi connectivity index (χ4n) is 2.89. The summed E-state index contributed by atoms with van der Waals surface area (Å²) in [5.41, 5.74) is 3.49. The minimum Gasteiger partial charge on any atom is -0.306 e. The molecule has 138 valence electrons. The molecule has 0 unspecified atom stereocenters. The maximum absolute atomic E-state index is 13.3. The molecule has 0 aliphatic rings. The largest absolute Gasteiger partial charge is 0.306 e. The van der Waals surface area contributed by atoms with E-state index in [1.807, 2.05) is 31.2 Å². The van der Waals surface area contributed by atoms with Crippen molar-refractivity contribution in [1.29, 1.82) is 0 Å². The molecule has 0 fully saturated rings. The van der Waals surface area contributed by atoms with Gasteiger partial charge in [-0.1, -0.05) is 29.8 Å². The fourth-order valence-corrected chi connectivity index (χ4v) is 2.89. The van der Waals surface area contributed by atoms with Crippen molar-refractivity contribution in [2.75, 3.05) is 5.32 Å². The van der Waals surface area contributed by atoms with E-state index in [1.54, 1.807) is 47.4 Å². The van der Waals surface area contributed by atoms with E-state index < -0.39 is 0 Å². The number of benzene rings is 2. The summed E-state index contributed by atoms with van der Waals surface area (Å²) in [6, 6.07) is 19.0. The van der Waals surface area contributed by atoms with Crippen LogP contribution in [0, 0.1) is 12.7 Å². The van der Waals surface area contributed by atoms with Gasteiger partial charge in [0.05, 0.1) is 11.3 Å². The minimum absolute atomic E-state index is 0.316. The van der Waals surface area contributed by atoms with Crippen molar-refractivity contribution in [2.24, 2.45) is 0 Å². The number of carbonyl (C=O) groups is 1. The Morgan fingerprint density at radius 3 is 2.57 bits per heavy atom. The standard InChI is InChI=1S/C22H17FN4O/c1-15-5-4-6-16(13-15)21-19(22(28)25-20-7-2-3-12-24-20)14-27(26-21)18-10-8-17(23)9-11-18/h2-14H,1H3,(H,24,25,28). The number of rotatable bonds is 4. The van der Waals surface area contributed by atoms with Crippen LogP contribution in [0.3, 0.4) is 0 Å². The van der Waals surface area contributed by atoms with E-state index in [-0.39, 0.29) is 11.7 Å². The van der Waals surface area contributed by atoms with Crippen LogP contribution in [0.5, 0.6) is 0 Å². The second-order valence-electron chi connectivity index (χ2n) is 6.35. The van der Waals surface area contributed by atoms with E-state index >= 15 is 0 Å². The first kappa shape index (κ1) is 17.6. The van der Waals surface area contributed by atoms with Gasteiger partial charge in [0.15, 0.2) is 0 Å². The molecule has 2 heterocycles. The van der Waals surface area contributed by atoms with Crippen LogP contribution in [0.2, 0.25) is 0 Å². The summed E-state index contributed by atoms with van der Waals surface area (Å²) in [6.07, 6.45) is 3.25. The molecule has 0 saturated carbocycles. The average Bonchev–Trinajstić information content (AvgIpc) is 3.15. The van der Waals surface area contributed by atoms with Gasteiger partial charge in [-0.2, -0.15) is 5.10 Å². The highest BCUT2D eigenvalue weighted by Gasteiger charge is 2.19. The van der Waals surface area contributed by atoms with Crippen LogP contribution in [0.25, 0.3) is 16.9 Å². The topological polar surface area (TPSA) is 59.8 Å². The van der Waals surface area contributed by atoms with E-state index in [4.69, 9.17) is 0 Å². The first-order valence-corrected chi connectivity index (χ1v) is 8.75. The molecule has 0 saturated heterocycles. The van der Waals surface area contributed by atoms with Crippen LogP contribution in [0.15, 0.2) is 79.1 Å². The lowest BCUT2D eigenvalue weighted by Crippen LogP contribution is -2.13. The van der Waals surface area contributed by atoms with E-state index in [1.165, 1.54) is 12.1 Å². The van der Waals surface area contributed by atoms with Gasteiger partial charge in [-0.25, -0.2) is 14.1 Å². The molecule has 28 heavy (non-hydrogen) atoms. The molecular formula is C22H17FN4O. The molecule has 0 atom stereocenters. The summed E-state index contributed by atoms with van der Waals surface area (Å²) < 4.78 is 14.8. The maximum Gasteiger partial charge on any atom is 0.260 e. The molecule has 0 spiro atoms. The average molecular weight is 372 g/mol. The van der Waals surface area contributed by atoms with E-state index in [9.17, 15) is 9.18 Å². The first-order chi connectivity index (χ1) is 13.6. The molecule has 1 amide bonds. The molecule has 5 nitrogen and oxygen atoms in total. The lowest BCUT2D eigenvalue weighted by Gasteiger charge is -2.05. The second kappa shape index (κ2) is 7.44. The van der Waals surface area contributed by atoms with Crippen molar-refractivity contribution in [2.45, 2.75) is 6.92 Å². The molecule has 4 aromatic rings. The van der Waals surface area contributed by atoms with Crippen molar-refractivity contribution in [3.05, 3.63) is 96.1 Å². The van der Waals surface area contributed by atoms with Gasteiger partial charge in [-0.05, 0) is 49.4 Å². The molecule has 0 bridgehead atoms. The summed E-state index contributed by atoms with van der Waals surface area (Å²) in [7, 11) is 0. The van der Waals surface area contributed by atoms with Crippen LogP contribution in [0.4, 0.5) is 10.2 Å². The monoisotopic (exact) mass is 372 g/mol. The predicted octanol–water partition coefficient (Wildman–Crippen LogP) is 4.63. The number of carbonyl (C=O) groups excluding carboxylic acids is 1. The zero-order valence-electron chi connectivity index (χ0n) is 15.1. The molecule has 0 aliphatic carbocycles. The number of aromatic nitrogens is 3. The Bertz CT molecular complexity index is 1120. The zero-order valence-corrected chi connectivity index (χ0v) is 15.1. The quantitative estimate of drug-likeness (QED) is 0.568. The Hall–Kier alpha value is -3.80. The smallest absolute Gasteiger partial charge is 0.260 e. The van der Waals surface area contributed by atoms with Gasteiger partial charge in [0.1, 0.15) is 17.3 Å². The second-order valence-corrected chi connectivity index (χ2v) is 6.35. The first-order valence-electron chi connectivity index (χ1n) is 8.75.